The monoisotopic (exact) mass is 231 g/mol. The van der Waals surface area contributed by atoms with Gasteiger partial charge in [-0.05, 0) is 23.8 Å². The van der Waals surface area contributed by atoms with Crippen LogP contribution < -0.4 is 5.73 Å². The smallest absolute Gasteiger partial charge is 0.146 e. The summed E-state index contributed by atoms with van der Waals surface area (Å²) in [6.45, 7) is 0. The highest BCUT2D eigenvalue weighted by atomic mass is 35.5. The molecule has 1 aromatic carbocycles. The van der Waals surface area contributed by atoms with Gasteiger partial charge in [-0.2, -0.15) is 11.8 Å². The third kappa shape index (κ3) is 1.76. The van der Waals surface area contributed by atoms with E-state index in [1.165, 1.54) is 0 Å². The molecule has 0 spiro atoms. The summed E-state index contributed by atoms with van der Waals surface area (Å²) in [6.07, 6.45) is 0.902. The van der Waals surface area contributed by atoms with Gasteiger partial charge in [0.2, 0.25) is 0 Å². The Balaban J connectivity index is 2.53. The van der Waals surface area contributed by atoms with Crippen LogP contribution in [-0.4, -0.2) is 5.75 Å². The van der Waals surface area contributed by atoms with E-state index >= 15 is 0 Å². The van der Waals surface area contributed by atoms with Crippen molar-refractivity contribution in [3.05, 3.63) is 34.1 Å². The molecule has 0 aliphatic carbocycles. The Morgan fingerprint density at radius 2 is 2.29 bits per heavy atom. The van der Waals surface area contributed by atoms with Crippen molar-refractivity contribution in [3.8, 4) is 0 Å². The molecular formula is C10H11ClFNS. The van der Waals surface area contributed by atoms with Crippen molar-refractivity contribution in [3.63, 3.8) is 0 Å². The fraction of sp³-hybridized carbons (Fsp3) is 0.400. The molecule has 2 rings (SSSR count). The highest BCUT2D eigenvalue weighted by molar-refractivity contribution is 7.98. The number of fused-ring (bicyclic) bond motifs is 1. The molecule has 4 heteroatoms. The van der Waals surface area contributed by atoms with Crippen LogP contribution in [0.3, 0.4) is 0 Å². The summed E-state index contributed by atoms with van der Waals surface area (Å²) in [5.41, 5.74) is 7.54. The second-order valence-electron chi connectivity index (χ2n) is 3.38. The van der Waals surface area contributed by atoms with Crippen LogP contribution >= 0.6 is 23.4 Å². The van der Waals surface area contributed by atoms with E-state index in [1.807, 2.05) is 6.07 Å². The van der Waals surface area contributed by atoms with Crippen LogP contribution in [0.4, 0.5) is 4.39 Å². The van der Waals surface area contributed by atoms with E-state index in [1.54, 1.807) is 17.8 Å². The van der Waals surface area contributed by atoms with Gasteiger partial charge in [0.05, 0.1) is 5.02 Å². The van der Waals surface area contributed by atoms with Gasteiger partial charge in [-0.1, -0.05) is 17.7 Å². The molecule has 0 fully saturated rings. The highest BCUT2D eigenvalue weighted by Gasteiger charge is 2.19. The molecule has 1 aliphatic heterocycles. The lowest BCUT2D eigenvalue weighted by Crippen LogP contribution is -2.12. The second-order valence-corrected chi connectivity index (χ2v) is 4.89. The van der Waals surface area contributed by atoms with Crippen LogP contribution in [0, 0.1) is 5.82 Å². The zero-order valence-electron chi connectivity index (χ0n) is 7.59. The van der Waals surface area contributed by atoms with Crippen molar-refractivity contribution in [2.45, 2.75) is 18.2 Å². The van der Waals surface area contributed by atoms with Gasteiger partial charge in [-0.3, -0.25) is 0 Å². The summed E-state index contributed by atoms with van der Waals surface area (Å²) in [6, 6.07) is 3.38. The zero-order chi connectivity index (χ0) is 10.1. The maximum absolute atomic E-state index is 13.6. The van der Waals surface area contributed by atoms with Crippen molar-refractivity contribution in [1.82, 2.24) is 0 Å². The second kappa shape index (κ2) is 4.09. The summed E-state index contributed by atoms with van der Waals surface area (Å²) in [5.74, 6) is 1.36. The number of hydrogen-bond donors (Lipinski definition) is 1. The third-order valence-corrected chi connectivity index (χ3v) is 3.76. The first-order valence-corrected chi connectivity index (χ1v) is 6.03. The fourth-order valence-corrected chi connectivity index (χ4v) is 2.88. The van der Waals surface area contributed by atoms with Crippen molar-refractivity contribution < 1.29 is 4.39 Å². The van der Waals surface area contributed by atoms with E-state index < -0.39 is 0 Å². The highest BCUT2D eigenvalue weighted by Crippen LogP contribution is 2.33. The summed E-state index contributed by atoms with van der Waals surface area (Å²) < 4.78 is 13.6. The molecule has 0 aromatic heterocycles. The van der Waals surface area contributed by atoms with Crippen LogP contribution in [0.15, 0.2) is 12.1 Å². The van der Waals surface area contributed by atoms with Crippen LogP contribution in [0.25, 0.3) is 0 Å². The Bertz CT molecular complexity index is 356. The van der Waals surface area contributed by atoms with E-state index in [4.69, 9.17) is 17.3 Å². The molecule has 1 aliphatic rings. The van der Waals surface area contributed by atoms with Gasteiger partial charge in [0.1, 0.15) is 5.82 Å². The Morgan fingerprint density at radius 1 is 1.50 bits per heavy atom. The van der Waals surface area contributed by atoms with E-state index in [-0.39, 0.29) is 16.9 Å². The molecule has 0 saturated heterocycles. The van der Waals surface area contributed by atoms with Crippen LogP contribution in [0.1, 0.15) is 23.6 Å². The molecule has 2 N–H and O–H groups in total. The Hall–Kier alpha value is -0.250. The molecule has 76 valence electrons. The maximum atomic E-state index is 13.6. The van der Waals surface area contributed by atoms with Gasteiger partial charge < -0.3 is 5.73 Å². The van der Waals surface area contributed by atoms with Crippen molar-refractivity contribution in [1.29, 1.82) is 0 Å². The standard InChI is InChI=1S/C10H11ClFNS/c11-8-2-1-6-7(10(8)12)5-14-4-3-9(6)13/h1-2,9H,3-5,13H2. The molecule has 1 aromatic rings. The van der Waals surface area contributed by atoms with E-state index in [0.717, 1.165) is 17.7 Å². The van der Waals surface area contributed by atoms with Crippen molar-refractivity contribution >= 4 is 23.4 Å². The number of rotatable bonds is 0. The quantitative estimate of drug-likeness (QED) is 0.743. The van der Waals surface area contributed by atoms with Crippen LogP contribution in [-0.2, 0) is 5.75 Å². The fourth-order valence-electron chi connectivity index (χ4n) is 1.64. The number of hydrogen-bond acceptors (Lipinski definition) is 2. The molecule has 0 amide bonds. The van der Waals surface area contributed by atoms with Gasteiger partial charge in [0.25, 0.3) is 0 Å². The topological polar surface area (TPSA) is 26.0 Å². The number of thioether (sulfide) groups is 1. The van der Waals surface area contributed by atoms with E-state index in [9.17, 15) is 4.39 Å². The lowest BCUT2D eigenvalue weighted by atomic mass is 10.00. The van der Waals surface area contributed by atoms with Gasteiger partial charge in [-0.15, -0.1) is 0 Å². The first-order valence-electron chi connectivity index (χ1n) is 4.50. The lowest BCUT2D eigenvalue weighted by Gasteiger charge is -2.12. The predicted molar refractivity (Wildman–Crippen MR) is 59.1 cm³/mol. The first-order chi connectivity index (χ1) is 6.70. The van der Waals surface area contributed by atoms with Crippen LogP contribution in [0.2, 0.25) is 5.02 Å². The number of benzene rings is 1. The minimum absolute atomic E-state index is 0.0493. The maximum Gasteiger partial charge on any atom is 0.146 e. The molecule has 0 saturated carbocycles. The molecule has 1 unspecified atom stereocenters. The minimum Gasteiger partial charge on any atom is -0.324 e. The third-order valence-electron chi connectivity index (χ3n) is 2.45. The number of halogens is 2. The van der Waals surface area contributed by atoms with Crippen molar-refractivity contribution in [2.24, 2.45) is 5.73 Å². The Morgan fingerprint density at radius 3 is 3.07 bits per heavy atom. The molecule has 1 nitrogen and oxygen atoms in total. The Labute approximate surface area is 91.8 Å². The SMILES string of the molecule is NC1CCSCc2c1ccc(Cl)c2F. The van der Waals surface area contributed by atoms with Gasteiger partial charge in [0.15, 0.2) is 0 Å². The minimum atomic E-state index is -0.297. The average molecular weight is 232 g/mol. The summed E-state index contributed by atoms with van der Waals surface area (Å²) >= 11 is 7.43. The average Bonchev–Trinajstić information content (AvgIpc) is 2.35. The Kier molecular flexibility index (Phi) is 3.00. The lowest BCUT2D eigenvalue weighted by molar-refractivity contribution is 0.607. The first kappa shape index (κ1) is 10.3. The molecule has 14 heavy (non-hydrogen) atoms. The van der Waals surface area contributed by atoms with Gasteiger partial charge in [-0.25, -0.2) is 4.39 Å². The zero-order valence-corrected chi connectivity index (χ0v) is 9.17. The van der Waals surface area contributed by atoms with Crippen LogP contribution in [0.5, 0.6) is 0 Å². The molecule has 0 radical (unpaired) electrons. The normalized spacial score (nSPS) is 21.5. The van der Waals surface area contributed by atoms with Gasteiger partial charge in [0, 0.05) is 17.4 Å². The number of nitrogens with two attached hydrogens (primary N) is 1. The van der Waals surface area contributed by atoms with E-state index in [2.05, 4.69) is 0 Å². The summed E-state index contributed by atoms with van der Waals surface area (Å²) in [5, 5.41) is 0.193. The molecule has 0 bridgehead atoms. The van der Waals surface area contributed by atoms with E-state index in [0.29, 0.717) is 11.3 Å². The largest absolute Gasteiger partial charge is 0.324 e. The van der Waals surface area contributed by atoms with Gasteiger partial charge >= 0.3 is 0 Å². The van der Waals surface area contributed by atoms with Crippen molar-refractivity contribution in [2.75, 3.05) is 5.75 Å². The molecule has 1 heterocycles. The summed E-state index contributed by atoms with van der Waals surface area (Å²) in [4.78, 5) is 0. The molecule has 1 atom stereocenters. The predicted octanol–water partition coefficient (Wildman–Crippen LogP) is 3.12. The summed E-state index contributed by atoms with van der Waals surface area (Å²) in [7, 11) is 0. The molecular weight excluding hydrogens is 221 g/mol.